The van der Waals surface area contributed by atoms with Crippen LogP contribution in [0.2, 0.25) is 0 Å². The van der Waals surface area contributed by atoms with Gasteiger partial charge in [0.25, 0.3) is 5.91 Å². The van der Waals surface area contributed by atoms with Gasteiger partial charge >= 0.3 is 0 Å². The molecule has 5 heteroatoms. The lowest BCUT2D eigenvalue weighted by Gasteiger charge is -2.22. The SMILES string of the molecule is Cc1ccc(NC(=O)C[NH+]2CCC[C@@H]2c2ccc3c(c2)OCCCO3)cc1. The van der Waals surface area contributed by atoms with Gasteiger partial charge in [0.15, 0.2) is 18.0 Å². The first kappa shape index (κ1) is 17.9. The fourth-order valence-electron chi connectivity index (χ4n) is 3.97. The summed E-state index contributed by atoms with van der Waals surface area (Å²) in [5.74, 6) is 1.73. The van der Waals surface area contributed by atoms with Gasteiger partial charge < -0.3 is 19.7 Å². The van der Waals surface area contributed by atoms with E-state index in [9.17, 15) is 4.79 Å². The Morgan fingerprint density at radius 2 is 1.85 bits per heavy atom. The van der Waals surface area contributed by atoms with E-state index in [1.807, 2.05) is 37.3 Å². The number of anilines is 1. The number of hydrogen-bond donors (Lipinski definition) is 2. The Morgan fingerprint density at radius 1 is 1.07 bits per heavy atom. The summed E-state index contributed by atoms with van der Waals surface area (Å²) in [6.07, 6.45) is 3.13. The third-order valence-electron chi connectivity index (χ3n) is 5.38. The van der Waals surface area contributed by atoms with Crippen molar-refractivity contribution in [3.05, 3.63) is 53.6 Å². The highest BCUT2D eigenvalue weighted by Gasteiger charge is 2.32. The Morgan fingerprint density at radius 3 is 2.67 bits per heavy atom. The third-order valence-corrected chi connectivity index (χ3v) is 5.38. The zero-order valence-corrected chi connectivity index (χ0v) is 15.8. The number of hydrogen-bond acceptors (Lipinski definition) is 3. The smallest absolute Gasteiger partial charge is 0.279 e. The van der Waals surface area contributed by atoms with Gasteiger partial charge in [-0.15, -0.1) is 0 Å². The number of carbonyl (C=O) groups excluding carboxylic acids is 1. The highest BCUT2D eigenvalue weighted by molar-refractivity contribution is 5.91. The van der Waals surface area contributed by atoms with Gasteiger partial charge in [0.1, 0.15) is 6.04 Å². The lowest BCUT2D eigenvalue weighted by atomic mass is 10.0. The number of carbonyl (C=O) groups is 1. The van der Waals surface area contributed by atoms with E-state index in [4.69, 9.17) is 9.47 Å². The highest BCUT2D eigenvalue weighted by atomic mass is 16.5. The van der Waals surface area contributed by atoms with E-state index in [2.05, 4.69) is 17.4 Å². The second-order valence-corrected chi connectivity index (χ2v) is 7.45. The molecule has 2 atom stereocenters. The number of quaternary nitrogens is 1. The molecule has 2 N–H and O–H groups in total. The molecule has 2 aliphatic heterocycles. The molecule has 1 saturated heterocycles. The maximum absolute atomic E-state index is 12.5. The summed E-state index contributed by atoms with van der Waals surface area (Å²) < 4.78 is 11.6. The molecule has 142 valence electrons. The van der Waals surface area contributed by atoms with Gasteiger partial charge in [-0.05, 0) is 37.3 Å². The fraction of sp³-hybridized carbons (Fsp3) is 0.409. The number of benzene rings is 2. The first-order valence-electron chi connectivity index (χ1n) is 9.80. The van der Waals surface area contributed by atoms with E-state index >= 15 is 0 Å². The molecule has 0 aliphatic carbocycles. The number of amides is 1. The third kappa shape index (κ3) is 4.25. The van der Waals surface area contributed by atoms with Gasteiger partial charge in [-0.3, -0.25) is 4.79 Å². The van der Waals surface area contributed by atoms with Crippen molar-refractivity contribution in [2.45, 2.75) is 32.2 Å². The van der Waals surface area contributed by atoms with E-state index in [1.54, 1.807) is 0 Å². The van der Waals surface area contributed by atoms with E-state index in [-0.39, 0.29) is 5.91 Å². The summed E-state index contributed by atoms with van der Waals surface area (Å²) in [4.78, 5) is 13.8. The Kier molecular flexibility index (Phi) is 5.30. The molecular weight excluding hydrogens is 340 g/mol. The van der Waals surface area contributed by atoms with Crippen LogP contribution in [0.25, 0.3) is 0 Å². The number of aryl methyl sites for hydroxylation is 1. The van der Waals surface area contributed by atoms with Gasteiger partial charge in [-0.1, -0.05) is 17.7 Å². The molecule has 0 radical (unpaired) electrons. The van der Waals surface area contributed by atoms with Gasteiger partial charge in [0.05, 0.1) is 19.8 Å². The van der Waals surface area contributed by atoms with E-state index in [0.717, 1.165) is 43.0 Å². The molecular formula is C22H27N2O3+. The fourth-order valence-corrected chi connectivity index (χ4v) is 3.97. The van der Waals surface area contributed by atoms with Crippen molar-refractivity contribution in [2.75, 3.05) is 31.6 Å². The quantitative estimate of drug-likeness (QED) is 0.873. The first-order valence-corrected chi connectivity index (χ1v) is 9.80. The topological polar surface area (TPSA) is 52.0 Å². The van der Waals surface area contributed by atoms with Crippen LogP contribution in [-0.2, 0) is 4.79 Å². The summed E-state index contributed by atoms with van der Waals surface area (Å²) in [6, 6.07) is 14.5. The van der Waals surface area contributed by atoms with Crippen molar-refractivity contribution in [2.24, 2.45) is 0 Å². The lowest BCUT2D eigenvalue weighted by molar-refractivity contribution is -0.910. The van der Waals surface area contributed by atoms with E-state index in [1.165, 1.54) is 16.0 Å². The van der Waals surface area contributed by atoms with Crippen LogP contribution in [0.1, 0.15) is 36.4 Å². The standard InChI is InChI=1S/C22H26N2O3/c1-16-5-8-18(9-6-16)23-22(25)15-24-11-2-4-19(24)17-7-10-20-21(14-17)27-13-3-12-26-20/h5-10,14,19H,2-4,11-13,15H2,1H3,(H,23,25)/p+1/t19-/m1/s1. The van der Waals surface area contributed by atoms with Crippen molar-refractivity contribution in [1.29, 1.82) is 0 Å². The highest BCUT2D eigenvalue weighted by Crippen LogP contribution is 2.33. The molecule has 27 heavy (non-hydrogen) atoms. The second-order valence-electron chi connectivity index (χ2n) is 7.45. The Bertz CT molecular complexity index is 804. The average Bonchev–Trinajstić information content (AvgIpc) is 2.99. The maximum Gasteiger partial charge on any atom is 0.279 e. The normalized spacial score (nSPS) is 21.5. The molecule has 2 aromatic carbocycles. The van der Waals surface area contributed by atoms with Crippen molar-refractivity contribution < 1.29 is 19.2 Å². The Balaban J connectivity index is 1.43. The van der Waals surface area contributed by atoms with Crippen molar-refractivity contribution in [3.63, 3.8) is 0 Å². The lowest BCUT2D eigenvalue weighted by Crippen LogP contribution is -3.11. The summed E-state index contributed by atoms with van der Waals surface area (Å²) >= 11 is 0. The van der Waals surface area contributed by atoms with Crippen LogP contribution in [0.15, 0.2) is 42.5 Å². The molecule has 2 aliphatic rings. The van der Waals surface area contributed by atoms with Crippen LogP contribution < -0.4 is 19.7 Å². The number of nitrogens with one attached hydrogen (secondary N) is 2. The summed E-state index contributed by atoms with van der Waals surface area (Å²) in [6.45, 7) is 4.93. The number of likely N-dealkylation sites (tertiary alicyclic amines) is 1. The van der Waals surface area contributed by atoms with Crippen LogP contribution in [0.4, 0.5) is 5.69 Å². The molecule has 1 fully saturated rings. The number of ether oxygens (including phenoxy) is 2. The minimum absolute atomic E-state index is 0.0649. The molecule has 1 unspecified atom stereocenters. The number of rotatable bonds is 4. The predicted octanol–water partition coefficient (Wildman–Crippen LogP) is 2.51. The van der Waals surface area contributed by atoms with Crippen molar-refractivity contribution in [1.82, 2.24) is 0 Å². The van der Waals surface area contributed by atoms with Crippen LogP contribution >= 0.6 is 0 Å². The Hall–Kier alpha value is -2.53. The summed E-state index contributed by atoms with van der Waals surface area (Å²) in [5.41, 5.74) is 3.28. The molecule has 0 spiro atoms. The average molecular weight is 367 g/mol. The second kappa shape index (κ2) is 8.01. The Labute approximate surface area is 160 Å². The first-order chi connectivity index (χ1) is 13.2. The molecule has 0 aromatic heterocycles. The summed E-state index contributed by atoms with van der Waals surface area (Å²) in [7, 11) is 0. The van der Waals surface area contributed by atoms with Crippen molar-refractivity contribution in [3.8, 4) is 11.5 Å². The zero-order valence-electron chi connectivity index (χ0n) is 15.8. The molecule has 1 amide bonds. The molecule has 0 saturated carbocycles. The van der Waals surface area contributed by atoms with Crippen LogP contribution in [0.3, 0.4) is 0 Å². The molecule has 2 heterocycles. The number of fused-ring (bicyclic) bond motifs is 1. The van der Waals surface area contributed by atoms with Crippen LogP contribution in [-0.4, -0.2) is 32.2 Å². The van der Waals surface area contributed by atoms with Gasteiger partial charge in [-0.25, -0.2) is 0 Å². The largest absolute Gasteiger partial charge is 0.490 e. The van der Waals surface area contributed by atoms with Crippen molar-refractivity contribution >= 4 is 11.6 Å². The monoisotopic (exact) mass is 367 g/mol. The minimum atomic E-state index is 0.0649. The van der Waals surface area contributed by atoms with E-state index < -0.39 is 0 Å². The maximum atomic E-state index is 12.5. The minimum Gasteiger partial charge on any atom is -0.490 e. The van der Waals surface area contributed by atoms with Gasteiger partial charge in [0, 0.05) is 30.5 Å². The van der Waals surface area contributed by atoms with Gasteiger partial charge in [-0.2, -0.15) is 0 Å². The van der Waals surface area contributed by atoms with Crippen LogP contribution in [0.5, 0.6) is 11.5 Å². The zero-order chi connectivity index (χ0) is 18.6. The predicted molar refractivity (Wildman–Crippen MR) is 105 cm³/mol. The molecule has 0 bridgehead atoms. The molecule has 4 rings (SSSR count). The van der Waals surface area contributed by atoms with Gasteiger partial charge in [0.2, 0.25) is 0 Å². The van der Waals surface area contributed by atoms with E-state index in [0.29, 0.717) is 25.8 Å². The molecule has 2 aromatic rings. The molecule has 5 nitrogen and oxygen atoms in total. The van der Waals surface area contributed by atoms with Crippen LogP contribution in [0, 0.1) is 6.92 Å². The summed E-state index contributed by atoms with van der Waals surface area (Å²) in [5, 5.41) is 3.02.